The molecule has 0 spiro atoms. The van der Waals surface area contributed by atoms with Crippen LogP contribution in [-0.4, -0.2) is 49.8 Å². The molecule has 8 nitrogen and oxygen atoms in total. The van der Waals surface area contributed by atoms with Crippen LogP contribution in [0.1, 0.15) is 115 Å². The molecule has 0 fully saturated rings. The molecule has 2 rings (SSSR count). The van der Waals surface area contributed by atoms with Crippen molar-refractivity contribution in [3.05, 3.63) is 117 Å². The third-order valence-corrected chi connectivity index (χ3v) is 6.90. The molecule has 0 saturated carbocycles. The first-order valence-corrected chi connectivity index (χ1v) is 15.2. The SMILES string of the molecule is COC(=O)c1ccc(C(=O)O)cc1.COC(=O)c1ccc(C(=O)OCC=C(C)CCC=C(C)CCC=C(C)CCC=C(C)C)cc1. The van der Waals surface area contributed by atoms with Gasteiger partial charge in [-0.3, -0.25) is 0 Å². The number of methoxy groups -OCH3 is 2. The molecule has 0 radical (unpaired) electrons. The lowest BCUT2D eigenvalue weighted by Crippen LogP contribution is -2.07. The van der Waals surface area contributed by atoms with Gasteiger partial charge in [0.15, 0.2) is 0 Å². The standard InChI is InChI=1S/C29H40O4.C9H8O4/c1-22(2)10-7-11-23(3)12-8-13-24(4)14-9-15-25(5)20-21-33-29(31)27-18-16-26(17-19-27)28(30)32-6;1-13-9(12)7-4-2-6(3-5-7)8(10)11/h10,12,14,16-20H,7-9,11,13,15,21H2,1-6H3;2-5H,1H3,(H,10,11). The highest BCUT2D eigenvalue weighted by atomic mass is 16.5. The molecule has 0 amide bonds. The van der Waals surface area contributed by atoms with Gasteiger partial charge in [-0.05, 0) is 128 Å². The smallest absolute Gasteiger partial charge is 0.338 e. The van der Waals surface area contributed by atoms with Gasteiger partial charge in [-0.1, -0.05) is 40.5 Å². The number of esters is 3. The Bertz CT molecular complexity index is 1400. The number of aromatic carboxylic acids is 1. The number of benzene rings is 2. The Kier molecular flexibility index (Phi) is 18.7. The summed E-state index contributed by atoms with van der Waals surface area (Å²) in [5.41, 5.74) is 6.76. The van der Waals surface area contributed by atoms with Crippen LogP contribution in [0.5, 0.6) is 0 Å². The Morgan fingerprint density at radius 1 is 0.543 bits per heavy atom. The maximum atomic E-state index is 12.1. The van der Waals surface area contributed by atoms with Crippen LogP contribution in [0.3, 0.4) is 0 Å². The Hall–Kier alpha value is -4.72. The molecule has 46 heavy (non-hydrogen) atoms. The largest absolute Gasteiger partial charge is 0.478 e. The topological polar surface area (TPSA) is 116 Å². The number of carbonyl (C=O) groups excluding carboxylic acids is 3. The highest BCUT2D eigenvalue weighted by molar-refractivity contribution is 5.93. The molecule has 0 atom stereocenters. The minimum Gasteiger partial charge on any atom is -0.478 e. The number of allylic oxidation sites excluding steroid dienone is 7. The van der Waals surface area contributed by atoms with E-state index in [2.05, 4.69) is 62.3 Å². The van der Waals surface area contributed by atoms with E-state index in [4.69, 9.17) is 9.84 Å². The summed E-state index contributed by atoms with van der Waals surface area (Å²) >= 11 is 0. The van der Waals surface area contributed by atoms with Crippen LogP contribution >= 0.6 is 0 Å². The summed E-state index contributed by atoms with van der Waals surface area (Å²) in [6, 6.07) is 11.8. The lowest BCUT2D eigenvalue weighted by Gasteiger charge is -2.05. The first-order valence-electron chi connectivity index (χ1n) is 15.2. The maximum absolute atomic E-state index is 12.1. The van der Waals surface area contributed by atoms with Gasteiger partial charge >= 0.3 is 23.9 Å². The predicted molar refractivity (Wildman–Crippen MR) is 181 cm³/mol. The van der Waals surface area contributed by atoms with Crippen LogP contribution < -0.4 is 0 Å². The summed E-state index contributed by atoms with van der Waals surface area (Å²) in [7, 11) is 2.59. The number of carbonyl (C=O) groups is 4. The van der Waals surface area contributed by atoms with E-state index in [9.17, 15) is 19.2 Å². The van der Waals surface area contributed by atoms with Gasteiger partial charge < -0.3 is 19.3 Å². The van der Waals surface area contributed by atoms with E-state index in [0.29, 0.717) is 16.7 Å². The second kappa shape index (κ2) is 21.9. The van der Waals surface area contributed by atoms with Crippen molar-refractivity contribution in [2.45, 2.75) is 73.1 Å². The van der Waals surface area contributed by atoms with E-state index in [1.54, 1.807) is 24.3 Å². The van der Waals surface area contributed by atoms with E-state index >= 15 is 0 Å². The summed E-state index contributed by atoms with van der Waals surface area (Å²) in [4.78, 5) is 44.9. The highest BCUT2D eigenvalue weighted by Gasteiger charge is 2.10. The zero-order chi connectivity index (χ0) is 34.5. The number of hydrogen-bond acceptors (Lipinski definition) is 7. The van der Waals surface area contributed by atoms with Crippen LogP contribution in [0.25, 0.3) is 0 Å². The lowest BCUT2D eigenvalue weighted by molar-refractivity contribution is 0.0544. The molecule has 0 aliphatic heterocycles. The molecule has 0 aliphatic rings. The zero-order valence-corrected chi connectivity index (χ0v) is 28.2. The van der Waals surface area contributed by atoms with Crippen molar-refractivity contribution in [2.24, 2.45) is 0 Å². The van der Waals surface area contributed by atoms with Gasteiger partial charge in [-0.2, -0.15) is 0 Å². The van der Waals surface area contributed by atoms with E-state index < -0.39 is 23.9 Å². The summed E-state index contributed by atoms with van der Waals surface area (Å²) in [6.45, 7) is 11.0. The number of rotatable bonds is 15. The van der Waals surface area contributed by atoms with E-state index in [1.165, 1.54) is 60.8 Å². The van der Waals surface area contributed by atoms with Crippen molar-refractivity contribution in [3.63, 3.8) is 0 Å². The summed E-state index contributed by atoms with van der Waals surface area (Å²) in [5.74, 6) is -2.33. The minimum absolute atomic E-state index is 0.146. The van der Waals surface area contributed by atoms with Gasteiger partial charge in [0.1, 0.15) is 6.61 Å². The second-order valence-electron chi connectivity index (χ2n) is 11.1. The van der Waals surface area contributed by atoms with Gasteiger partial charge in [0, 0.05) is 0 Å². The number of carboxylic acid groups (broad SMARTS) is 1. The van der Waals surface area contributed by atoms with Crippen molar-refractivity contribution in [3.8, 4) is 0 Å². The summed E-state index contributed by atoms with van der Waals surface area (Å²) in [6.07, 6.45) is 15.3. The number of ether oxygens (including phenoxy) is 3. The molecule has 0 aromatic heterocycles. The maximum Gasteiger partial charge on any atom is 0.338 e. The third kappa shape index (κ3) is 16.4. The van der Waals surface area contributed by atoms with E-state index in [1.807, 2.05) is 6.08 Å². The monoisotopic (exact) mass is 632 g/mol. The normalized spacial score (nSPS) is 11.5. The highest BCUT2D eigenvalue weighted by Crippen LogP contribution is 2.14. The molecule has 248 valence electrons. The molecule has 0 unspecified atom stereocenters. The first-order chi connectivity index (χ1) is 21.9. The average Bonchev–Trinajstić information content (AvgIpc) is 3.04. The van der Waals surface area contributed by atoms with Crippen LogP contribution in [0.4, 0.5) is 0 Å². The van der Waals surface area contributed by atoms with Crippen molar-refractivity contribution in [2.75, 3.05) is 20.8 Å². The lowest BCUT2D eigenvalue weighted by atomic mass is 10.0. The molecular formula is C38H48O8. The number of carboxylic acids is 1. The Morgan fingerprint density at radius 2 is 0.891 bits per heavy atom. The van der Waals surface area contributed by atoms with Crippen LogP contribution in [0.2, 0.25) is 0 Å². The molecule has 1 N–H and O–H groups in total. The number of hydrogen-bond donors (Lipinski definition) is 1. The molecule has 2 aromatic carbocycles. The molecule has 0 heterocycles. The van der Waals surface area contributed by atoms with Gasteiger partial charge in [0.25, 0.3) is 0 Å². The molecule has 8 heteroatoms. The van der Waals surface area contributed by atoms with Crippen LogP contribution in [-0.2, 0) is 14.2 Å². The molecule has 0 aliphatic carbocycles. The molecule has 0 saturated heterocycles. The molecule has 2 aromatic rings. The average molecular weight is 633 g/mol. The summed E-state index contributed by atoms with van der Waals surface area (Å²) in [5, 5.41) is 8.56. The van der Waals surface area contributed by atoms with Crippen molar-refractivity contribution < 1.29 is 38.5 Å². The predicted octanol–water partition coefficient (Wildman–Crippen LogP) is 8.95. The molecule has 0 bridgehead atoms. The van der Waals surface area contributed by atoms with Gasteiger partial charge in [0.2, 0.25) is 0 Å². The van der Waals surface area contributed by atoms with Crippen LogP contribution in [0, 0.1) is 0 Å². The van der Waals surface area contributed by atoms with Gasteiger partial charge in [-0.25, -0.2) is 19.2 Å². The Balaban J connectivity index is 0.000000674. The first kappa shape index (κ1) is 39.3. The van der Waals surface area contributed by atoms with Crippen molar-refractivity contribution in [1.82, 2.24) is 0 Å². The summed E-state index contributed by atoms with van der Waals surface area (Å²) < 4.78 is 14.4. The van der Waals surface area contributed by atoms with Gasteiger partial charge in [0.05, 0.1) is 36.5 Å². The zero-order valence-electron chi connectivity index (χ0n) is 28.2. The van der Waals surface area contributed by atoms with Crippen LogP contribution in [0.15, 0.2) is 95.1 Å². The van der Waals surface area contributed by atoms with Gasteiger partial charge in [-0.15, -0.1) is 0 Å². The fourth-order valence-electron chi connectivity index (χ4n) is 4.06. The quantitative estimate of drug-likeness (QED) is 0.118. The molecular weight excluding hydrogens is 584 g/mol. The minimum atomic E-state index is -1.02. The van der Waals surface area contributed by atoms with E-state index in [-0.39, 0.29) is 12.2 Å². The fraction of sp³-hybridized carbons (Fsp3) is 0.368. The Labute approximate surface area is 273 Å². The van der Waals surface area contributed by atoms with Crippen molar-refractivity contribution >= 4 is 23.9 Å². The fourth-order valence-corrected chi connectivity index (χ4v) is 4.06. The van der Waals surface area contributed by atoms with E-state index in [0.717, 1.165) is 38.5 Å². The van der Waals surface area contributed by atoms with Crippen molar-refractivity contribution in [1.29, 1.82) is 0 Å². The third-order valence-electron chi connectivity index (χ3n) is 6.90. The second-order valence-corrected chi connectivity index (χ2v) is 11.1. The Morgan fingerprint density at radius 3 is 1.26 bits per heavy atom.